The molecule has 216 valence electrons. The average molecular weight is 537 g/mol. The van der Waals surface area contributed by atoms with Gasteiger partial charge in [-0.15, -0.1) is 0 Å². The first-order valence-electron chi connectivity index (χ1n) is 14.9. The summed E-state index contributed by atoms with van der Waals surface area (Å²) in [5.41, 5.74) is 9.61. The zero-order valence-corrected chi connectivity index (χ0v) is 27.2. The van der Waals surface area contributed by atoms with Crippen LogP contribution in [0.2, 0.25) is 0 Å². The topological polar surface area (TPSA) is 0 Å². The van der Waals surface area contributed by atoms with Gasteiger partial charge in [-0.3, -0.25) is 0 Å². The van der Waals surface area contributed by atoms with E-state index in [0.717, 1.165) is 12.8 Å². The molecule has 0 radical (unpaired) electrons. The molecule has 0 saturated heterocycles. The van der Waals surface area contributed by atoms with Crippen molar-refractivity contribution in [2.24, 2.45) is 11.3 Å². The summed E-state index contributed by atoms with van der Waals surface area (Å²) in [7, 11) is 0. The van der Waals surface area contributed by atoms with E-state index >= 15 is 0 Å². The lowest BCUT2D eigenvalue weighted by molar-refractivity contribution is 0.255. The predicted octanol–water partition coefficient (Wildman–Crippen LogP) is 12.6. The molecule has 1 rings (SSSR count). The van der Waals surface area contributed by atoms with Gasteiger partial charge in [0.05, 0.1) is 0 Å². The van der Waals surface area contributed by atoms with Crippen molar-refractivity contribution >= 4 is 0 Å². The van der Waals surface area contributed by atoms with Gasteiger partial charge < -0.3 is 0 Å². The molecule has 1 atom stereocenters. The molecule has 0 aromatic carbocycles. The Balaban J connectivity index is 2.57. The Morgan fingerprint density at radius 3 is 1.68 bits per heavy atom. The van der Waals surface area contributed by atoms with Crippen molar-refractivity contribution in [3.05, 3.63) is 142 Å². The summed E-state index contributed by atoms with van der Waals surface area (Å²) in [5, 5.41) is 0. The third-order valence-corrected chi connectivity index (χ3v) is 7.24. The fourth-order valence-corrected chi connectivity index (χ4v) is 4.61. The molecule has 0 spiro atoms. The van der Waals surface area contributed by atoms with Crippen molar-refractivity contribution < 1.29 is 0 Å². The second-order valence-corrected chi connectivity index (χ2v) is 12.3. The highest BCUT2D eigenvalue weighted by atomic mass is 14.3. The van der Waals surface area contributed by atoms with Crippen LogP contribution < -0.4 is 0 Å². The first-order chi connectivity index (χ1) is 18.9. The van der Waals surface area contributed by atoms with Gasteiger partial charge in [0, 0.05) is 5.92 Å². The molecular weight excluding hydrogens is 480 g/mol. The van der Waals surface area contributed by atoms with Crippen molar-refractivity contribution in [3.63, 3.8) is 0 Å². The minimum atomic E-state index is 0.342. The first kappa shape index (κ1) is 34.9. The highest BCUT2D eigenvalue weighted by Gasteiger charge is 2.30. The molecule has 40 heavy (non-hydrogen) atoms. The maximum Gasteiger partial charge on any atom is 0.00285 e. The van der Waals surface area contributed by atoms with Crippen molar-refractivity contribution in [2.45, 2.75) is 94.9 Å². The van der Waals surface area contributed by atoms with Crippen LogP contribution in [0.4, 0.5) is 0 Å². The molecular formula is C40H56. The van der Waals surface area contributed by atoms with Crippen molar-refractivity contribution in [2.75, 3.05) is 0 Å². The first-order valence-corrected chi connectivity index (χ1v) is 14.9. The minimum Gasteiger partial charge on any atom is -0.0856 e. The second kappa shape index (κ2) is 19.0. The largest absolute Gasteiger partial charge is 0.0856 e. The molecule has 0 heterocycles. The Morgan fingerprint density at radius 1 is 0.700 bits per heavy atom. The molecule has 0 fully saturated rings. The second-order valence-electron chi connectivity index (χ2n) is 12.3. The summed E-state index contributed by atoms with van der Waals surface area (Å²) in [6.45, 7) is 22.1. The van der Waals surface area contributed by atoms with E-state index in [1.807, 2.05) is 0 Å². The van der Waals surface area contributed by atoms with Crippen LogP contribution in [0.1, 0.15) is 94.9 Å². The fourth-order valence-electron chi connectivity index (χ4n) is 4.61. The van der Waals surface area contributed by atoms with Crippen molar-refractivity contribution in [3.8, 4) is 0 Å². The van der Waals surface area contributed by atoms with Crippen molar-refractivity contribution in [1.29, 1.82) is 0 Å². The van der Waals surface area contributed by atoms with Crippen LogP contribution in [0.25, 0.3) is 0 Å². The van der Waals surface area contributed by atoms with E-state index in [2.05, 4.69) is 173 Å². The zero-order chi connectivity index (χ0) is 30.0. The van der Waals surface area contributed by atoms with Gasteiger partial charge in [0.2, 0.25) is 0 Å². The number of hydrogen-bond acceptors (Lipinski definition) is 0. The van der Waals surface area contributed by atoms with E-state index in [1.54, 1.807) is 0 Å². The summed E-state index contributed by atoms with van der Waals surface area (Å²) in [6, 6.07) is 0. The Hall–Kier alpha value is -3.12. The van der Waals surface area contributed by atoms with E-state index in [1.165, 1.54) is 51.9 Å². The van der Waals surface area contributed by atoms with Crippen LogP contribution in [-0.2, 0) is 0 Å². The molecule has 1 aliphatic rings. The Kier molecular flexibility index (Phi) is 16.6. The summed E-state index contributed by atoms with van der Waals surface area (Å²) in [5.74, 6) is 0.531. The van der Waals surface area contributed by atoms with E-state index in [-0.39, 0.29) is 0 Å². The van der Waals surface area contributed by atoms with Gasteiger partial charge in [-0.05, 0) is 86.5 Å². The Labute approximate surface area is 248 Å². The highest BCUT2D eigenvalue weighted by molar-refractivity contribution is 5.33. The molecule has 0 nitrogen and oxygen atoms in total. The van der Waals surface area contributed by atoms with Crippen LogP contribution in [0.15, 0.2) is 142 Å². The third kappa shape index (κ3) is 16.1. The minimum absolute atomic E-state index is 0.342. The number of hydrogen-bond donors (Lipinski definition) is 0. The van der Waals surface area contributed by atoms with Crippen LogP contribution >= 0.6 is 0 Å². The van der Waals surface area contributed by atoms with E-state index in [0.29, 0.717) is 11.3 Å². The van der Waals surface area contributed by atoms with Gasteiger partial charge in [-0.25, -0.2) is 0 Å². The van der Waals surface area contributed by atoms with E-state index in [9.17, 15) is 0 Å². The molecule has 0 aromatic heterocycles. The van der Waals surface area contributed by atoms with Gasteiger partial charge in [0.1, 0.15) is 0 Å². The quantitative estimate of drug-likeness (QED) is 0.162. The summed E-state index contributed by atoms with van der Waals surface area (Å²) < 4.78 is 0. The molecule has 0 saturated carbocycles. The normalized spacial score (nSPS) is 20.1. The molecule has 0 unspecified atom stereocenters. The third-order valence-electron chi connectivity index (χ3n) is 7.24. The van der Waals surface area contributed by atoms with Gasteiger partial charge in [-0.2, -0.15) is 0 Å². The molecule has 0 aliphatic heterocycles. The Bertz CT molecular complexity index is 1160. The van der Waals surface area contributed by atoms with Gasteiger partial charge in [0.25, 0.3) is 0 Å². The lowest BCUT2D eigenvalue weighted by Crippen LogP contribution is -2.26. The zero-order valence-electron chi connectivity index (χ0n) is 27.2. The predicted molar refractivity (Wildman–Crippen MR) is 183 cm³/mol. The Morgan fingerprint density at radius 2 is 1.18 bits per heavy atom. The summed E-state index contributed by atoms with van der Waals surface area (Å²) >= 11 is 0. The van der Waals surface area contributed by atoms with Gasteiger partial charge in [-0.1, -0.05) is 156 Å². The number of rotatable bonds is 13. The van der Waals surface area contributed by atoms with Gasteiger partial charge in [0.15, 0.2) is 0 Å². The molecule has 0 heteroatoms. The maximum atomic E-state index is 2.40. The molecule has 0 aromatic rings. The van der Waals surface area contributed by atoms with Crippen molar-refractivity contribution in [1.82, 2.24) is 0 Å². The molecule has 0 amide bonds. The van der Waals surface area contributed by atoms with E-state index in [4.69, 9.17) is 0 Å². The molecule has 0 bridgehead atoms. The monoisotopic (exact) mass is 536 g/mol. The SMILES string of the molecule is CC(C)=CCCC(C)=CC=CC(C)=CC=CC(C)=CC=CC=C(C)C=CC=C(C)C=C[C@H]1C(C)=CCCC1(C)C. The van der Waals surface area contributed by atoms with Crippen LogP contribution in [0.5, 0.6) is 0 Å². The van der Waals surface area contributed by atoms with E-state index < -0.39 is 0 Å². The standard InChI is InChI=1S/C40H56/c1-32(2)18-13-21-35(5)24-15-26-36(6)25-14-22-33(3)19-11-12-20-34(4)23-16-27-37(7)29-30-39-38(8)28-17-31-40(39,9)10/h11-12,14-16,18-20,22-30,39H,13,17,21,31H2,1-10H3/t39-/m0/s1. The fraction of sp³-hybridized carbons (Fsp3) is 0.400. The van der Waals surface area contributed by atoms with Crippen LogP contribution in [0.3, 0.4) is 0 Å². The lowest BCUT2D eigenvalue weighted by atomic mass is 9.68. The summed E-state index contributed by atoms with van der Waals surface area (Å²) in [6.07, 6.45) is 42.0. The molecule has 1 aliphatic carbocycles. The molecule has 0 N–H and O–H groups in total. The average Bonchev–Trinajstić information content (AvgIpc) is 2.85. The summed E-state index contributed by atoms with van der Waals surface area (Å²) in [4.78, 5) is 0. The number of allylic oxidation sites excluding steroid dienone is 24. The highest BCUT2D eigenvalue weighted by Crippen LogP contribution is 2.41. The van der Waals surface area contributed by atoms with Crippen LogP contribution in [-0.4, -0.2) is 0 Å². The maximum absolute atomic E-state index is 2.40. The van der Waals surface area contributed by atoms with Gasteiger partial charge >= 0.3 is 0 Å². The smallest absolute Gasteiger partial charge is 0.00285 e. The van der Waals surface area contributed by atoms with Crippen LogP contribution in [0, 0.1) is 11.3 Å². The lowest BCUT2D eigenvalue weighted by Gasteiger charge is -2.36.